The van der Waals surface area contributed by atoms with E-state index in [2.05, 4.69) is 5.32 Å². The molecule has 0 radical (unpaired) electrons. The molecule has 1 saturated heterocycles. The number of nitrogens with zero attached hydrogens (tertiary/aromatic N) is 1. The van der Waals surface area contributed by atoms with E-state index in [1.807, 2.05) is 11.8 Å². The zero-order valence-electron chi connectivity index (χ0n) is 12.4. The first kappa shape index (κ1) is 15.2. The van der Waals surface area contributed by atoms with Gasteiger partial charge in [-0.2, -0.15) is 0 Å². The van der Waals surface area contributed by atoms with Crippen molar-refractivity contribution in [1.82, 2.24) is 5.32 Å². The lowest BCUT2D eigenvalue weighted by molar-refractivity contribution is -0.123. The summed E-state index contributed by atoms with van der Waals surface area (Å²) >= 11 is 0. The summed E-state index contributed by atoms with van der Waals surface area (Å²) in [7, 11) is 0. The van der Waals surface area contributed by atoms with Gasteiger partial charge >= 0.3 is 5.97 Å². The minimum Gasteiger partial charge on any atom is -0.462 e. The van der Waals surface area contributed by atoms with E-state index < -0.39 is 5.97 Å². The molecular formula is C15H21N3O3. The van der Waals surface area contributed by atoms with E-state index in [9.17, 15) is 9.59 Å². The van der Waals surface area contributed by atoms with Crippen LogP contribution in [0.3, 0.4) is 0 Å². The van der Waals surface area contributed by atoms with Gasteiger partial charge in [-0.3, -0.25) is 4.79 Å². The Labute approximate surface area is 124 Å². The Bertz CT molecular complexity index is 545. The van der Waals surface area contributed by atoms with E-state index in [-0.39, 0.29) is 11.9 Å². The molecule has 0 bridgehead atoms. The van der Waals surface area contributed by atoms with Gasteiger partial charge in [0.2, 0.25) is 5.91 Å². The van der Waals surface area contributed by atoms with Crippen LogP contribution in [-0.2, 0) is 9.53 Å². The van der Waals surface area contributed by atoms with Gasteiger partial charge in [0.1, 0.15) is 6.04 Å². The fraction of sp³-hybridized carbons (Fsp3) is 0.467. The highest BCUT2D eigenvalue weighted by Crippen LogP contribution is 2.31. The van der Waals surface area contributed by atoms with Crippen LogP contribution in [-0.4, -0.2) is 37.6 Å². The van der Waals surface area contributed by atoms with Crippen molar-refractivity contribution in [3.63, 3.8) is 0 Å². The molecule has 2 rings (SSSR count). The van der Waals surface area contributed by atoms with E-state index >= 15 is 0 Å². The lowest BCUT2D eigenvalue weighted by atomic mass is 10.0. The minimum atomic E-state index is -0.416. The average molecular weight is 291 g/mol. The number of ether oxygens (including phenoxy) is 1. The van der Waals surface area contributed by atoms with Gasteiger partial charge in [0.15, 0.2) is 0 Å². The van der Waals surface area contributed by atoms with Gasteiger partial charge in [0.05, 0.1) is 23.5 Å². The van der Waals surface area contributed by atoms with Gasteiger partial charge < -0.3 is 20.7 Å². The van der Waals surface area contributed by atoms with Crippen LogP contribution in [0.4, 0.5) is 11.4 Å². The quantitative estimate of drug-likeness (QED) is 0.642. The smallest absolute Gasteiger partial charge is 0.340 e. The SMILES string of the molecule is CCOC(=O)c1cccc(N)c1N1CCNC(=O)C1CC. The maximum Gasteiger partial charge on any atom is 0.340 e. The number of rotatable bonds is 4. The standard InChI is InChI=1S/C15H21N3O3/c1-3-12-14(19)17-8-9-18(12)13-10(15(20)21-4-2)6-5-7-11(13)16/h5-7,12H,3-4,8-9,16H2,1-2H3,(H,17,19). The zero-order chi connectivity index (χ0) is 15.4. The monoisotopic (exact) mass is 291 g/mol. The molecule has 1 unspecified atom stereocenters. The van der Waals surface area contributed by atoms with Gasteiger partial charge in [-0.15, -0.1) is 0 Å². The predicted octanol–water partition coefficient (Wildman–Crippen LogP) is 1.16. The van der Waals surface area contributed by atoms with Gasteiger partial charge in [-0.05, 0) is 25.5 Å². The van der Waals surface area contributed by atoms with Crippen LogP contribution in [0.25, 0.3) is 0 Å². The molecule has 1 fully saturated rings. The first-order valence-electron chi connectivity index (χ1n) is 7.20. The Morgan fingerprint density at radius 1 is 1.48 bits per heavy atom. The molecule has 1 aromatic carbocycles. The molecular weight excluding hydrogens is 270 g/mol. The molecule has 3 N–H and O–H groups in total. The van der Waals surface area contributed by atoms with Crippen LogP contribution >= 0.6 is 0 Å². The number of nitrogens with one attached hydrogen (secondary N) is 1. The first-order valence-corrected chi connectivity index (χ1v) is 7.20. The lowest BCUT2D eigenvalue weighted by Gasteiger charge is -2.37. The number of nitrogen functional groups attached to an aromatic ring is 1. The van der Waals surface area contributed by atoms with Crippen LogP contribution in [0.15, 0.2) is 18.2 Å². The predicted molar refractivity (Wildman–Crippen MR) is 81.2 cm³/mol. The van der Waals surface area contributed by atoms with Crippen molar-refractivity contribution in [2.75, 3.05) is 30.3 Å². The third-order valence-electron chi connectivity index (χ3n) is 3.57. The van der Waals surface area contributed by atoms with Gasteiger partial charge in [-0.25, -0.2) is 4.79 Å². The molecule has 21 heavy (non-hydrogen) atoms. The van der Waals surface area contributed by atoms with E-state index in [1.165, 1.54) is 0 Å². The highest BCUT2D eigenvalue weighted by molar-refractivity contribution is 6.00. The van der Waals surface area contributed by atoms with Crippen molar-refractivity contribution in [3.05, 3.63) is 23.8 Å². The highest BCUT2D eigenvalue weighted by Gasteiger charge is 2.32. The summed E-state index contributed by atoms with van der Waals surface area (Å²) < 4.78 is 5.09. The lowest BCUT2D eigenvalue weighted by Crippen LogP contribution is -2.55. The summed E-state index contributed by atoms with van der Waals surface area (Å²) in [6.45, 7) is 5.14. The summed E-state index contributed by atoms with van der Waals surface area (Å²) in [5, 5.41) is 2.84. The number of nitrogens with two attached hydrogens (primary N) is 1. The normalized spacial score (nSPS) is 18.3. The number of benzene rings is 1. The number of hydrogen-bond acceptors (Lipinski definition) is 5. The molecule has 0 spiro atoms. The molecule has 0 aromatic heterocycles. The Morgan fingerprint density at radius 3 is 2.90 bits per heavy atom. The number of esters is 1. The summed E-state index contributed by atoms with van der Waals surface area (Å²) in [6.07, 6.45) is 0.641. The van der Waals surface area contributed by atoms with E-state index in [4.69, 9.17) is 10.5 Å². The van der Waals surface area contributed by atoms with Crippen molar-refractivity contribution < 1.29 is 14.3 Å². The summed E-state index contributed by atoms with van der Waals surface area (Å²) in [5.74, 6) is -0.456. The third kappa shape index (κ3) is 2.94. The van der Waals surface area contributed by atoms with Crippen LogP contribution in [0.1, 0.15) is 30.6 Å². The Kier molecular flexibility index (Phi) is 4.67. The molecule has 1 amide bonds. The van der Waals surface area contributed by atoms with Crippen LogP contribution in [0.2, 0.25) is 0 Å². The molecule has 6 nitrogen and oxygen atoms in total. The second-order valence-electron chi connectivity index (χ2n) is 4.87. The van der Waals surface area contributed by atoms with Crippen molar-refractivity contribution in [2.45, 2.75) is 26.3 Å². The molecule has 1 atom stereocenters. The Hall–Kier alpha value is -2.24. The molecule has 6 heteroatoms. The maximum atomic E-state index is 12.1. The van der Waals surface area contributed by atoms with Crippen LogP contribution < -0.4 is 16.0 Å². The fourth-order valence-corrected chi connectivity index (χ4v) is 2.64. The average Bonchev–Trinajstić information content (AvgIpc) is 2.47. The van der Waals surface area contributed by atoms with Gasteiger partial charge in [0.25, 0.3) is 0 Å². The molecule has 1 heterocycles. The number of amides is 1. The largest absolute Gasteiger partial charge is 0.462 e. The molecule has 0 saturated carbocycles. The van der Waals surface area contributed by atoms with Gasteiger partial charge in [-0.1, -0.05) is 13.0 Å². The van der Waals surface area contributed by atoms with Crippen molar-refractivity contribution in [3.8, 4) is 0 Å². The van der Waals surface area contributed by atoms with E-state index in [0.29, 0.717) is 43.1 Å². The molecule has 1 aliphatic heterocycles. The topological polar surface area (TPSA) is 84.7 Å². The van der Waals surface area contributed by atoms with E-state index in [1.54, 1.807) is 25.1 Å². The highest BCUT2D eigenvalue weighted by atomic mass is 16.5. The number of carbonyl (C=O) groups excluding carboxylic acids is 2. The number of carbonyl (C=O) groups is 2. The molecule has 0 aliphatic carbocycles. The first-order chi connectivity index (χ1) is 10.1. The zero-order valence-corrected chi connectivity index (χ0v) is 12.4. The van der Waals surface area contributed by atoms with Crippen molar-refractivity contribution >= 4 is 23.3 Å². The second kappa shape index (κ2) is 6.47. The number of anilines is 2. The molecule has 1 aromatic rings. The maximum absolute atomic E-state index is 12.1. The molecule has 114 valence electrons. The van der Waals surface area contributed by atoms with E-state index in [0.717, 1.165) is 0 Å². The molecule has 1 aliphatic rings. The summed E-state index contributed by atoms with van der Waals surface area (Å²) in [6, 6.07) is 4.81. The minimum absolute atomic E-state index is 0.0400. The number of para-hydroxylation sites is 1. The Balaban J connectivity index is 2.46. The van der Waals surface area contributed by atoms with Crippen LogP contribution in [0, 0.1) is 0 Å². The summed E-state index contributed by atoms with van der Waals surface area (Å²) in [5.41, 5.74) is 7.55. The van der Waals surface area contributed by atoms with Gasteiger partial charge in [0, 0.05) is 13.1 Å². The number of piperazine rings is 1. The van der Waals surface area contributed by atoms with Crippen molar-refractivity contribution in [2.24, 2.45) is 0 Å². The Morgan fingerprint density at radius 2 is 2.24 bits per heavy atom. The third-order valence-corrected chi connectivity index (χ3v) is 3.57. The van der Waals surface area contributed by atoms with Crippen LogP contribution in [0.5, 0.6) is 0 Å². The summed E-state index contributed by atoms with van der Waals surface area (Å²) in [4.78, 5) is 26.1. The second-order valence-corrected chi connectivity index (χ2v) is 4.87. The van der Waals surface area contributed by atoms with Crippen molar-refractivity contribution in [1.29, 1.82) is 0 Å². The number of hydrogen-bond donors (Lipinski definition) is 2. The fourth-order valence-electron chi connectivity index (χ4n) is 2.64.